The van der Waals surface area contributed by atoms with Gasteiger partial charge in [0.25, 0.3) is 0 Å². The molecule has 74 valence electrons. The Morgan fingerprint density at radius 2 is 1.92 bits per heavy atom. The molecule has 0 aliphatic rings. The van der Waals surface area contributed by atoms with Gasteiger partial charge in [0.2, 0.25) is 0 Å². The molecule has 0 aliphatic heterocycles. The van der Waals surface area contributed by atoms with Crippen LogP contribution in [0.5, 0.6) is 0 Å². The molecular formula is C9H14O4. The molecule has 1 N–H and O–H groups in total. The van der Waals surface area contributed by atoms with E-state index in [-0.39, 0.29) is 0 Å². The predicted molar refractivity (Wildman–Crippen MR) is 49.3 cm³/mol. The number of carboxylic acid groups (broad SMARTS) is 1. The zero-order chi connectivity index (χ0) is 10.9. The first-order chi connectivity index (χ1) is 5.99. The normalized spacial score (nSPS) is 9.31. The van der Waals surface area contributed by atoms with Gasteiger partial charge >= 0.3 is 11.9 Å². The first-order valence-electron chi connectivity index (χ1n) is 3.56. The molecule has 0 atom stereocenters. The maximum Gasteiger partial charge on any atom is 0.330 e. The molecule has 0 aromatic rings. The lowest BCUT2D eigenvalue weighted by molar-refractivity contribution is -0.135. The SMILES string of the molecule is C/C=C(\C)C(=O)O.C=CC(=O)OC. The van der Waals surface area contributed by atoms with Crippen LogP contribution in [0.1, 0.15) is 13.8 Å². The molecule has 0 radical (unpaired) electrons. The molecule has 4 nitrogen and oxygen atoms in total. The highest BCUT2D eigenvalue weighted by molar-refractivity contribution is 5.85. The molecule has 0 heterocycles. The summed E-state index contributed by atoms with van der Waals surface area (Å²) >= 11 is 0. The van der Waals surface area contributed by atoms with Gasteiger partial charge in [-0.3, -0.25) is 0 Å². The Balaban J connectivity index is 0. The maximum absolute atomic E-state index is 9.86. The molecular weight excluding hydrogens is 172 g/mol. The number of methoxy groups -OCH3 is 1. The van der Waals surface area contributed by atoms with Gasteiger partial charge in [-0.2, -0.15) is 0 Å². The van der Waals surface area contributed by atoms with Crippen molar-refractivity contribution in [3.63, 3.8) is 0 Å². The summed E-state index contributed by atoms with van der Waals surface area (Å²) in [6.07, 6.45) is 2.67. The van der Waals surface area contributed by atoms with Crippen LogP contribution in [0.4, 0.5) is 0 Å². The summed E-state index contributed by atoms with van der Waals surface area (Å²) in [5.41, 5.74) is 0.389. The number of rotatable bonds is 2. The molecule has 0 aromatic heterocycles. The lowest BCUT2D eigenvalue weighted by Crippen LogP contribution is -1.93. The van der Waals surface area contributed by atoms with Crippen LogP contribution in [0.25, 0.3) is 0 Å². The van der Waals surface area contributed by atoms with Crippen molar-refractivity contribution in [3.05, 3.63) is 24.3 Å². The molecule has 0 spiro atoms. The van der Waals surface area contributed by atoms with Crippen molar-refractivity contribution in [2.24, 2.45) is 0 Å². The Labute approximate surface area is 77.5 Å². The second-order valence-corrected chi connectivity index (χ2v) is 2.00. The van der Waals surface area contributed by atoms with Gasteiger partial charge in [0.05, 0.1) is 7.11 Å². The average Bonchev–Trinajstić information content (AvgIpc) is 2.16. The predicted octanol–water partition coefficient (Wildman–Crippen LogP) is 1.38. The quantitative estimate of drug-likeness (QED) is 0.522. The van der Waals surface area contributed by atoms with Crippen LogP contribution in [0, 0.1) is 0 Å². The molecule has 0 saturated heterocycles. The molecule has 0 aliphatic carbocycles. The van der Waals surface area contributed by atoms with Gasteiger partial charge in [-0.25, -0.2) is 9.59 Å². The van der Waals surface area contributed by atoms with Gasteiger partial charge in [-0.05, 0) is 13.8 Å². The van der Waals surface area contributed by atoms with Crippen molar-refractivity contribution in [2.75, 3.05) is 7.11 Å². The second-order valence-electron chi connectivity index (χ2n) is 2.00. The lowest BCUT2D eigenvalue weighted by Gasteiger charge is -1.84. The summed E-state index contributed by atoms with van der Waals surface area (Å²) in [7, 11) is 1.31. The highest BCUT2D eigenvalue weighted by atomic mass is 16.5. The smallest absolute Gasteiger partial charge is 0.330 e. The minimum atomic E-state index is -0.845. The largest absolute Gasteiger partial charge is 0.478 e. The highest BCUT2D eigenvalue weighted by Gasteiger charge is 1.93. The monoisotopic (exact) mass is 186 g/mol. The van der Waals surface area contributed by atoms with E-state index in [1.165, 1.54) is 7.11 Å². The number of allylic oxidation sites excluding steroid dienone is 1. The standard InChI is InChI=1S/C5H8O2.C4H6O2/c1-3-4(2)5(6)7;1-3-4(5)6-2/h3H,1-2H3,(H,6,7);3H,1H2,2H3/b4-3+;. The fraction of sp³-hybridized carbons (Fsp3) is 0.333. The van der Waals surface area contributed by atoms with Gasteiger partial charge in [-0.1, -0.05) is 12.7 Å². The van der Waals surface area contributed by atoms with Crippen molar-refractivity contribution in [2.45, 2.75) is 13.8 Å². The van der Waals surface area contributed by atoms with E-state index >= 15 is 0 Å². The number of ether oxygens (including phenoxy) is 1. The summed E-state index contributed by atoms with van der Waals surface area (Å²) in [6, 6.07) is 0. The molecule has 0 rings (SSSR count). The minimum Gasteiger partial charge on any atom is -0.478 e. The summed E-state index contributed by atoms with van der Waals surface area (Å²) in [5.74, 6) is -1.24. The van der Waals surface area contributed by atoms with E-state index in [2.05, 4.69) is 11.3 Å². The van der Waals surface area contributed by atoms with Gasteiger partial charge in [0, 0.05) is 11.6 Å². The number of hydrogen-bond acceptors (Lipinski definition) is 3. The summed E-state index contributed by atoms with van der Waals surface area (Å²) < 4.78 is 4.14. The van der Waals surface area contributed by atoms with Crippen LogP contribution in [0.15, 0.2) is 24.3 Å². The minimum absolute atomic E-state index is 0.389. The van der Waals surface area contributed by atoms with Crippen LogP contribution in [0.3, 0.4) is 0 Å². The van der Waals surface area contributed by atoms with Crippen molar-refractivity contribution < 1.29 is 19.4 Å². The third-order valence-electron chi connectivity index (χ3n) is 1.14. The molecule has 13 heavy (non-hydrogen) atoms. The molecule has 4 heteroatoms. The zero-order valence-corrected chi connectivity index (χ0v) is 8.03. The van der Waals surface area contributed by atoms with E-state index in [1.807, 2.05) is 0 Å². The van der Waals surface area contributed by atoms with Gasteiger partial charge in [0.15, 0.2) is 0 Å². The second kappa shape index (κ2) is 8.52. The fourth-order valence-electron chi connectivity index (χ4n) is 0.207. The van der Waals surface area contributed by atoms with Gasteiger partial charge < -0.3 is 9.84 Å². The molecule has 0 saturated carbocycles. The number of esters is 1. The Hall–Kier alpha value is -1.58. The topological polar surface area (TPSA) is 63.6 Å². The highest BCUT2D eigenvalue weighted by Crippen LogP contribution is 1.87. The van der Waals surface area contributed by atoms with Crippen molar-refractivity contribution in [3.8, 4) is 0 Å². The third-order valence-corrected chi connectivity index (χ3v) is 1.14. The van der Waals surface area contributed by atoms with E-state index in [4.69, 9.17) is 5.11 Å². The van der Waals surface area contributed by atoms with Crippen molar-refractivity contribution in [1.82, 2.24) is 0 Å². The van der Waals surface area contributed by atoms with Crippen molar-refractivity contribution >= 4 is 11.9 Å². The Morgan fingerprint density at radius 1 is 1.46 bits per heavy atom. The number of hydrogen-bond donors (Lipinski definition) is 1. The van der Waals surface area contributed by atoms with Crippen LogP contribution >= 0.6 is 0 Å². The van der Waals surface area contributed by atoms with Crippen LogP contribution in [0.2, 0.25) is 0 Å². The average molecular weight is 186 g/mol. The lowest BCUT2D eigenvalue weighted by atomic mass is 10.3. The van der Waals surface area contributed by atoms with Crippen LogP contribution in [-0.4, -0.2) is 24.2 Å². The number of aliphatic carboxylic acids is 1. The van der Waals surface area contributed by atoms with E-state index in [0.717, 1.165) is 6.08 Å². The molecule has 0 aromatic carbocycles. The summed E-state index contributed by atoms with van der Waals surface area (Å²) in [4.78, 5) is 19.7. The zero-order valence-electron chi connectivity index (χ0n) is 8.03. The molecule has 0 fully saturated rings. The van der Waals surface area contributed by atoms with E-state index in [9.17, 15) is 9.59 Å². The van der Waals surface area contributed by atoms with Crippen molar-refractivity contribution in [1.29, 1.82) is 0 Å². The van der Waals surface area contributed by atoms with E-state index in [0.29, 0.717) is 5.57 Å². The summed E-state index contributed by atoms with van der Waals surface area (Å²) in [5, 5.41) is 8.11. The fourth-order valence-corrected chi connectivity index (χ4v) is 0.207. The Bertz CT molecular complexity index is 216. The third kappa shape index (κ3) is 10.4. The van der Waals surface area contributed by atoms with E-state index in [1.54, 1.807) is 19.9 Å². The molecule has 0 unspecified atom stereocenters. The number of carboxylic acids is 1. The number of carbonyl (C=O) groups is 2. The van der Waals surface area contributed by atoms with Crippen LogP contribution < -0.4 is 0 Å². The first kappa shape index (κ1) is 14.0. The molecule has 0 amide bonds. The van der Waals surface area contributed by atoms with Gasteiger partial charge in [0.1, 0.15) is 0 Å². The molecule has 0 bridgehead atoms. The van der Waals surface area contributed by atoms with Crippen LogP contribution in [-0.2, 0) is 14.3 Å². The van der Waals surface area contributed by atoms with Gasteiger partial charge in [-0.15, -0.1) is 0 Å². The van der Waals surface area contributed by atoms with E-state index < -0.39 is 11.9 Å². The first-order valence-corrected chi connectivity index (χ1v) is 3.56. The maximum atomic E-state index is 9.86. The Kier molecular flexibility index (Phi) is 9.15. The summed E-state index contributed by atoms with van der Waals surface area (Å²) in [6.45, 7) is 6.41. The Morgan fingerprint density at radius 3 is 1.92 bits per heavy atom. The number of carbonyl (C=O) groups excluding carboxylic acids is 1.